The van der Waals surface area contributed by atoms with Gasteiger partial charge in [-0.15, -0.1) is 0 Å². The van der Waals surface area contributed by atoms with E-state index in [9.17, 15) is 43.0 Å². The van der Waals surface area contributed by atoms with Gasteiger partial charge in [0.15, 0.2) is 0 Å². The molecule has 0 heterocycles. The number of esters is 2. The van der Waals surface area contributed by atoms with Crippen molar-refractivity contribution in [2.45, 2.75) is 104 Å². The molecule has 1 aromatic carbocycles. The molecule has 0 radical (unpaired) electrons. The lowest BCUT2D eigenvalue weighted by Crippen LogP contribution is -2.64. The minimum Gasteiger partial charge on any atom is -0.744 e. The van der Waals surface area contributed by atoms with Crippen molar-refractivity contribution < 1.29 is 52.5 Å². The molecule has 0 spiro atoms. The van der Waals surface area contributed by atoms with Crippen LogP contribution in [0.3, 0.4) is 0 Å². The molecule has 8 saturated carbocycles. The third-order valence-corrected chi connectivity index (χ3v) is 11.7. The number of carbonyl (C=O) groups is 2. The SMILES string of the molecule is O=C(OCC12CC3CC(O)(CC(O)(C3)C1)C2)c1cc(C(=O)OCC23CC4CC(O)(CC(O)(C4)C2)C3)cc(S(=O)(=O)[O-])c1. The van der Waals surface area contributed by atoms with Crippen LogP contribution in [0.4, 0.5) is 0 Å². The Morgan fingerprint density at radius 2 is 1.02 bits per heavy atom. The molecule has 0 aliphatic heterocycles. The third kappa shape index (κ3) is 4.97. The molecule has 9 rings (SSSR count). The van der Waals surface area contributed by atoms with Crippen molar-refractivity contribution in [1.82, 2.24) is 0 Å². The highest BCUT2D eigenvalue weighted by molar-refractivity contribution is 7.85. The summed E-state index contributed by atoms with van der Waals surface area (Å²) in [4.78, 5) is 25.5. The van der Waals surface area contributed by atoms with Crippen LogP contribution in [-0.2, 0) is 19.6 Å². The topological polar surface area (TPSA) is 191 Å². The van der Waals surface area contributed by atoms with Crippen molar-refractivity contribution in [2.75, 3.05) is 13.2 Å². The Labute approximate surface area is 244 Å². The highest BCUT2D eigenvalue weighted by atomic mass is 32.2. The van der Waals surface area contributed by atoms with Crippen LogP contribution in [0.5, 0.6) is 0 Å². The lowest BCUT2D eigenvalue weighted by molar-refractivity contribution is -0.237. The predicted molar refractivity (Wildman–Crippen MR) is 142 cm³/mol. The van der Waals surface area contributed by atoms with Gasteiger partial charge < -0.3 is 34.5 Å². The summed E-state index contributed by atoms with van der Waals surface area (Å²) in [6.45, 7) is -0.201. The summed E-state index contributed by atoms with van der Waals surface area (Å²) in [6.07, 6.45) is 5.87. The number of benzene rings is 1. The fraction of sp³-hybridized carbons (Fsp3) is 0.733. The summed E-state index contributed by atoms with van der Waals surface area (Å²) >= 11 is 0. The van der Waals surface area contributed by atoms with Crippen molar-refractivity contribution in [2.24, 2.45) is 22.7 Å². The molecule has 8 fully saturated rings. The summed E-state index contributed by atoms with van der Waals surface area (Å²) in [5, 5.41) is 44.0. The van der Waals surface area contributed by atoms with Crippen LogP contribution in [0, 0.1) is 22.7 Å². The molecule has 11 nitrogen and oxygen atoms in total. The second kappa shape index (κ2) is 8.76. The first-order valence-corrected chi connectivity index (χ1v) is 16.2. The first-order chi connectivity index (χ1) is 19.4. The third-order valence-electron chi connectivity index (χ3n) is 10.9. The molecule has 12 heteroatoms. The number of hydrogen-bond donors (Lipinski definition) is 4. The largest absolute Gasteiger partial charge is 0.744 e. The van der Waals surface area contributed by atoms with E-state index in [0.29, 0.717) is 77.0 Å². The zero-order valence-electron chi connectivity index (χ0n) is 23.3. The quantitative estimate of drug-likeness (QED) is 0.262. The van der Waals surface area contributed by atoms with Crippen LogP contribution < -0.4 is 0 Å². The lowest BCUT2D eigenvalue weighted by atomic mass is 9.46. The van der Waals surface area contributed by atoms with Crippen molar-refractivity contribution in [1.29, 1.82) is 0 Å². The van der Waals surface area contributed by atoms with Crippen LogP contribution in [-0.4, -0.2) is 81.0 Å². The average Bonchev–Trinajstić information content (AvgIpc) is 2.80. The molecule has 8 aliphatic carbocycles. The number of ether oxygens (including phenoxy) is 2. The van der Waals surface area contributed by atoms with Crippen LogP contribution in [0.25, 0.3) is 0 Å². The highest BCUT2D eigenvalue weighted by Gasteiger charge is 2.64. The maximum atomic E-state index is 13.2. The van der Waals surface area contributed by atoms with Crippen molar-refractivity contribution >= 4 is 22.1 Å². The summed E-state index contributed by atoms with van der Waals surface area (Å²) in [6, 6.07) is 2.86. The molecule has 0 saturated heterocycles. The van der Waals surface area contributed by atoms with Gasteiger partial charge in [-0.2, -0.15) is 0 Å². The number of hydrogen-bond acceptors (Lipinski definition) is 11. The van der Waals surface area contributed by atoms with Gasteiger partial charge in [-0.3, -0.25) is 0 Å². The van der Waals surface area contributed by atoms with Gasteiger partial charge in [0.2, 0.25) is 0 Å². The van der Waals surface area contributed by atoms with Crippen molar-refractivity contribution in [3.8, 4) is 0 Å². The van der Waals surface area contributed by atoms with E-state index in [0.717, 1.165) is 18.2 Å². The molecule has 42 heavy (non-hydrogen) atoms. The molecule has 4 N–H and O–H groups in total. The molecular weight excluding hydrogens is 568 g/mol. The van der Waals surface area contributed by atoms with Crippen LogP contribution in [0.1, 0.15) is 97.8 Å². The fourth-order valence-electron chi connectivity index (χ4n) is 11.0. The minimum atomic E-state index is -5.05. The zero-order valence-corrected chi connectivity index (χ0v) is 24.2. The standard InChI is InChI=1S/C30H38O11S/c31-23(40-16-25-4-18-6-27(33,10-25)14-28(34,7-18)11-25)20-1-21(3-22(2-20)42(37,38)39)24(32)41-17-26-5-19-8-29(35,12-26)15-30(36,9-19)13-26/h1-3,18-19,33-36H,4-17H2,(H,37,38,39)/p-1. The van der Waals surface area contributed by atoms with E-state index in [2.05, 4.69) is 0 Å². The molecule has 0 aromatic heterocycles. The maximum Gasteiger partial charge on any atom is 0.338 e. The molecule has 8 aliphatic rings. The maximum absolute atomic E-state index is 13.2. The Hall–Kier alpha value is -2.09. The number of aliphatic hydroxyl groups is 4. The van der Waals surface area contributed by atoms with Gasteiger partial charge in [0.1, 0.15) is 10.1 Å². The Morgan fingerprint density at radius 1 is 0.667 bits per heavy atom. The van der Waals surface area contributed by atoms with E-state index in [1.807, 2.05) is 0 Å². The summed E-state index contributed by atoms with van der Waals surface area (Å²) < 4.78 is 47.0. The molecule has 4 atom stereocenters. The molecule has 230 valence electrons. The monoisotopic (exact) mass is 605 g/mol. The van der Waals surface area contributed by atoms with E-state index in [1.54, 1.807) is 0 Å². The van der Waals surface area contributed by atoms with Crippen LogP contribution in [0.15, 0.2) is 23.1 Å². The van der Waals surface area contributed by atoms with Gasteiger partial charge in [-0.25, -0.2) is 18.0 Å². The predicted octanol–water partition coefficient (Wildman–Crippen LogP) is 1.80. The van der Waals surface area contributed by atoms with Crippen molar-refractivity contribution in [3.05, 3.63) is 29.3 Å². The smallest absolute Gasteiger partial charge is 0.338 e. The van der Waals surface area contributed by atoms with E-state index in [4.69, 9.17) is 9.47 Å². The van der Waals surface area contributed by atoms with E-state index in [-0.39, 0.29) is 36.2 Å². The lowest BCUT2D eigenvalue weighted by Gasteiger charge is -2.63. The molecule has 8 bridgehead atoms. The van der Waals surface area contributed by atoms with Gasteiger partial charge in [0, 0.05) is 23.7 Å². The molecular formula is C30H37O11S-. The molecule has 4 unspecified atom stereocenters. The van der Waals surface area contributed by atoms with Crippen LogP contribution in [0.2, 0.25) is 0 Å². The van der Waals surface area contributed by atoms with Gasteiger partial charge in [-0.1, -0.05) is 0 Å². The Morgan fingerprint density at radius 3 is 1.33 bits per heavy atom. The van der Waals surface area contributed by atoms with Gasteiger partial charge in [-0.05, 0) is 94.2 Å². The Balaban J connectivity index is 1.08. The van der Waals surface area contributed by atoms with E-state index < -0.39 is 60.2 Å². The summed E-state index contributed by atoms with van der Waals surface area (Å²) in [5.74, 6) is -1.65. The number of rotatable bonds is 7. The summed E-state index contributed by atoms with van der Waals surface area (Å²) in [5.41, 5.74) is -5.92. The van der Waals surface area contributed by atoms with E-state index in [1.165, 1.54) is 0 Å². The second-order valence-electron chi connectivity index (χ2n) is 15.3. The van der Waals surface area contributed by atoms with E-state index >= 15 is 0 Å². The van der Waals surface area contributed by atoms with Crippen molar-refractivity contribution in [3.63, 3.8) is 0 Å². The molecule has 0 amide bonds. The van der Waals surface area contributed by atoms with Gasteiger partial charge in [0.25, 0.3) is 0 Å². The zero-order chi connectivity index (χ0) is 30.0. The highest BCUT2D eigenvalue weighted by Crippen LogP contribution is 2.64. The minimum absolute atomic E-state index is 0.101. The van der Waals surface area contributed by atoms with Gasteiger partial charge >= 0.3 is 11.9 Å². The molecule has 1 aromatic rings. The Kier molecular flexibility index (Phi) is 5.98. The summed E-state index contributed by atoms with van der Waals surface area (Å²) in [7, 11) is -5.05. The Bertz CT molecular complexity index is 1340. The average molecular weight is 606 g/mol. The normalized spacial score (nSPS) is 44.8. The fourth-order valence-corrected chi connectivity index (χ4v) is 11.5. The first-order valence-electron chi connectivity index (χ1n) is 14.7. The van der Waals surface area contributed by atoms with Gasteiger partial charge in [0.05, 0.1) is 51.6 Å². The van der Waals surface area contributed by atoms with Crippen LogP contribution >= 0.6 is 0 Å². The second-order valence-corrected chi connectivity index (χ2v) is 16.6. The number of carbonyl (C=O) groups excluding carboxylic acids is 2. The first kappa shape index (κ1) is 28.7.